The summed E-state index contributed by atoms with van der Waals surface area (Å²) < 4.78 is 11.0. The first-order chi connectivity index (χ1) is 26.7. The molecule has 0 aliphatic carbocycles. The van der Waals surface area contributed by atoms with Crippen LogP contribution in [0.4, 0.5) is 0 Å². The van der Waals surface area contributed by atoms with Crippen molar-refractivity contribution in [1.29, 1.82) is 0 Å². The minimum atomic E-state index is -1.67. The van der Waals surface area contributed by atoms with Gasteiger partial charge in [-0.15, -0.1) is 0 Å². The van der Waals surface area contributed by atoms with Gasteiger partial charge in [0.15, 0.2) is 6.29 Å². The first-order valence-corrected chi connectivity index (χ1v) is 21.5. The molecule has 55 heavy (non-hydrogen) atoms. The summed E-state index contributed by atoms with van der Waals surface area (Å²) in [5, 5.41) is 75.2. The van der Waals surface area contributed by atoms with Gasteiger partial charge in [0.05, 0.1) is 25.4 Å². The topological polar surface area (TPSA) is 189 Å². The van der Waals surface area contributed by atoms with Gasteiger partial charge in [0.1, 0.15) is 36.6 Å². The molecule has 0 saturated carbocycles. The predicted molar refractivity (Wildman–Crippen MR) is 219 cm³/mol. The van der Waals surface area contributed by atoms with Crippen LogP contribution in [0.25, 0.3) is 0 Å². The molecule has 9 unspecified atom stereocenters. The summed E-state index contributed by atoms with van der Waals surface area (Å²) in [6.07, 6.45) is 27.8. The summed E-state index contributed by atoms with van der Waals surface area (Å²) in [5.74, 6) is -0.718. The smallest absolute Gasteiger partial charge is 0.249 e. The lowest BCUT2D eigenvalue weighted by molar-refractivity contribution is -0.303. The molecule has 0 radical (unpaired) electrons. The number of aliphatic hydroxyl groups is 7. The summed E-state index contributed by atoms with van der Waals surface area (Å²) in [6, 6.07) is -1.19. The van der Waals surface area contributed by atoms with E-state index in [-0.39, 0.29) is 12.8 Å². The van der Waals surface area contributed by atoms with Crippen molar-refractivity contribution in [3.8, 4) is 0 Å². The van der Waals surface area contributed by atoms with E-state index in [1.807, 2.05) is 19.1 Å². The molecule has 8 N–H and O–H groups in total. The first-order valence-electron chi connectivity index (χ1n) is 21.5. The van der Waals surface area contributed by atoms with Crippen molar-refractivity contribution in [2.45, 2.75) is 210 Å². The van der Waals surface area contributed by atoms with Crippen molar-refractivity contribution in [2.24, 2.45) is 0 Å². The molecule has 9 atom stereocenters. The van der Waals surface area contributed by atoms with Gasteiger partial charge in [0, 0.05) is 0 Å². The zero-order chi connectivity index (χ0) is 40.5. The van der Waals surface area contributed by atoms with Crippen LogP contribution in [0.3, 0.4) is 0 Å². The van der Waals surface area contributed by atoms with Crippen LogP contribution in [0.15, 0.2) is 48.6 Å². The Hall–Kier alpha value is -1.93. The number of rotatable bonds is 34. The molecule has 1 fully saturated rings. The van der Waals surface area contributed by atoms with Crippen LogP contribution in [0.5, 0.6) is 0 Å². The molecule has 11 heteroatoms. The van der Waals surface area contributed by atoms with Crippen LogP contribution in [0.1, 0.15) is 155 Å². The number of nitrogens with one attached hydrogen (secondary N) is 1. The third-order valence-electron chi connectivity index (χ3n) is 10.2. The van der Waals surface area contributed by atoms with Crippen LogP contribution in [0, 0.1) is 0 Å². The van der Waals surface area contributed by atoms with E-state index in [2.05, 4.69) is 48.7 Å². The fourth-order valence-corrected chi connectivity index (χ4v) is 6.62. The molecule has 0 spiro atoms. The van der Waals surface area contributed by atoms with E-state index in [4.69, 9.17) is 9.47 Å². The van der Waals surface area contributed by atoms with Crippen molar-refractivity contribution in [1.82, 2.24) is 5.32 Å². The van der Waals surface area contributed by atoms with Gasteiger partial charge >= 0.3 is 0 Å². The molecule has 0 bridgehead atoms. The van der Waals surface area contributed by atoms with Crippen molar-refractivity contribution in [2.75, 3.05) is 13.2 Å². The van der Waals surface area contributed by atoms with Gasteiger partial charge in [0.25, 0.3) is 0 Å². The lowest BCUT2D eigenvalue weighted by Gasteiger charge is -2.40. The summed E-state index contributed by atoms with van der Waals surface area (Å²) in [7, 11) is 0. The highest BCUT2D eigenvalue weighted by atomic mass is 16.7. The quantitative estimate of drug-likeness (QED) is 0.0275. The van der Waals surface area contributed by atoms with Gasteiger partial charge < -0.3 is 50.5 Å². The number of amides is 1. The zero-order valence-electron chi connectivity index (χ0n) is 34.1. The van der Waals surface area contributed by atoms with Crippen LogP contribution in [0.2, 0.25) is 0 Å². The summed E-state index contributed by atoms with van der Waals surface area (Å²) >= 11 is 0. The highest BCUT2D eigenvalue weighted by molar-refractivity contribution is 5.80. The van der Waals surface area contributed by atoms with Crippen LogP contribution in [-0.2, 0) is 14.3 Å². The second kappa shape index (κ2) is 34.1. The SMILES string of the molecule is C/C=C/CC/C=C/CCCC(O)C(O)C(COC1OC(CO)C(O)C(O)C1O)NC(=O)C(O)CCCCCCCCCCCCCCC/C=C\C/C=C\CC. The van der Waals surface area contributed by atoms with Crippen molar-refractivity contribution in [3.05, 3.63) is 48.6 Å². The van der Waals surface area contributed by atoms with Gasteiger partial charge in [0.2, 0.25) is 5.91 Å². The number of aliphatic hydroxyl groups excluding tert-OH is 7. The molecule has 320 valence electrons. The van der Waals surface area contributed by atoms with Crippen molar-refractivity contribution < 1.29 is 50.0 Å². The lowest BCUT2D eigenvalue weighted by atomic mass is 9.98. The van der Waals surface area contributed by atoms with E-state index in [1.54, 1.807) is 0 Å². The molecule has 1 rings (SSSR count). The molecular weight excluding hydrogens is 702 g/mol. The molecule has 1 amide bonds. The molecule has 11 nitrogen and oxygen atoms in total. The van der Waals surface area contributed by atoms with Crippen LogP contribution >= 0.6 is 0 Å². The van der Waals surface area contributed by atoms with E-state index in [0.29, 0.717) is 19.3 Å². The maximum absolute atomic E-state index is 13.0. The Labute approximate surface area is 332 Å². The Morgan fingerprint density at radius 2 is 1.22 bits per heavy atom. The number of hydrogen-bond acceptors (Lipinski definition) is 10. The number of carbonyl (C=O) groups is 1. The van der Waals surface area contributed by atoms with E-state index in [0.717, 1.165) is 44.9 Å². The van der Waals surface area contributed by atoms with E-state index < -0.39 is 74.2 Å². The van der Waals surface area contributed by atoms with E-state index >= 15 is 0 Å². The minimum Gasteiger partial charge on any atom is -0.394 e. The highest BCUT2D eigenvalue weighted by Crippen LogP contribution is 2.23. The zero-order valence-corrected chi connectivity index (χ0v) is 34.1. The maximum Gasteiger partial charge on any atom is 0.249 e. The Morgan fingerprint density at radius 3 is 1.84 bits per heavy atom. The third-order valence-corrected chi connectivity index (χ3v) is 10.2. The molecule has 1 saturated heterocycles. The van der Waals surface area contributed by atoms with Crippen molar-refractivity contribution >= 4 is 5.91 Å². The van der Waals surface area contributed by atoms with Gasteiger partial charge in [-0.2, -0.15) is 0 Å². The maximum atomic E-state index is 13.0. The molecule has 0 aromatic heterocycles. The monoisotopic (exact) mass is 782 g/mol. The van der Waals surface area contributed by atoms with Crippen molar-refractivity contribution in [3.63, 3.8) is 0 Å². The Balaban J connectivity index is 2.40. The normalized spacial score (nSPS) is 23.0. The second-order valence-electron chi connectivity index (χ2n) is 15.0. The molecule has 1 heterocycles. The number of ether oxygens (including phenoxy) is 2. The summed E-state index contributed by atoms with van der Waals surface area (Å²) in [5.41, 5.74) is 0. The number of allylic oxidation sites excluding steroid dienone is 8. The number of carbonyl (C=O) groups excluding carboxylic acids is 1. The molecule has 0 aromatic rings. The van der Waals surface area contributed by atoms with Crippen LogP contribution < -0.4 is 5.32 Å². The first kappa shape index (κ1) is 51.1. The van der Waals surface area contributed by atoms with E-state index in [1.165, 1.54) is 64.2 Å². The molecule has 1 aliphatic rings. The molecule has 1 aliphatic heterocycles. The van der Waals surface area contributed by atoms with Gasteiger partial charge in [-0.1, -0.05) is 133 Å². The summed E-state index contributed by atoms with van der Waals surface area (Å²) in [6.45, 7) is 3.05. The van der Waals surface area contributed by atoms with Gasteiger partial charge in [-0.25, -0.2) is 0 Å². The average molecular weight is 782 g/mol. The van der Waals surface area contributed by atoms with Crippen LogP contribution in [-0.4, -0.2) is 110 Å². The minimum absolute atomic E-state index is 0.242. The Kier molecular flexibility index (Phi) is 31.7. The molecular formula is C44H79NO10. The Morgan fingerprint density at radius 1 is 0.673 bits per heavy atom. The average Bonchev–Trinajstić information content (AvgIpc) is 3.18. The fourth-order valence-electron chi connectivity index (χ4n) is 6.62. The molecule has 0 aromatic carbocycles. The lowest BCUT2D eigenvalue weighted by Crippen LogP contribution is -2.60. The standard InChI is InChI=1S/C44H79NO10/c1-3-5-7-9-11-13-14-15-16-17-18-19-20-21-22-23-24-26-28-30-32-37(48)43(53)45-35(34-54-44-42(52)41(51)40(50)38(33-46)55-44)39(49)36(47)31-29-27-25-12-10-8-6-4-2/h4-7,11-13,25,35-42,44,46-52H,3,8-10,14-24,26-34H2,1-2H3,(H,45,53)/b6-4+,7-5-,13-11-,25-12+. The largest absolute Gasteiger partial charge is 0.394 e. The third kappa shape index (κ3) is 24.4. The Bertz CT molecular complexity index is 1030. The predicted octanol–water partition coefficient (Wildman–Crippen LogP) is 6.22. The highest BCUT2D eigenvalue weighted by Gasteiger charge is 2.44. The van der Waals surface area contributed by atoms with Gasteiger partial charge in [-0.05, 0) is 71.1 Å². The fraction of sp³-hybridized carbons (Fsp3) is 0.795. The number of hydrogen-bond donors (Lipinski definition) is 8. The summed E-state index contributed by atoms with van der Waals surface area (Å²) in [4.78, 5) is 13.0. The second-order valence-corrected chi connectivity index (χ2v) is 15.0. The van der Waals surface area contributed by atoms with Gasteiger partial charge in [-0.3, -0.25) is 4.79 Å². The van der Waals surface area contributed by atoms with E-state index in [9.17, 15) is 40.5 Å². The number of unbranched alkanes of at least 4 members (excludes halogenated alkanes) is 15.